The van der Waals surface area contributed by atoms with Crippen LogP contribution in [0.25, 0.3) is 0 Å². The van der Waals surface area contributed by atoms with E-state index in [4.69, 9.17) is 18.0 Å². The van der Waals surface area contributed by atoms with Crippen LogP contribution >= 0.6 is 12.2 Å². The van der Waals surface area contributed by atoms with E-state index < -0.39 is 0 Å². The number of pyridine rings is 1. The number of nitrogens with zero attached hydrogens (tertiary/aromatic N) is 2. The molecule has 0 amide bonds. The molecule has 5 nitrogen and oxygen atoms in total. The summed E-state index contributed by atoms with van der Waals surface area (Å²) in [7, 11) is 0. The zero-order valence-electron chi connectivity index (χ0n) is 11.4. The molecule has 0 aliphatic carbocycles. The summed E-state index contributed by atoms with van der Waals surface area (Å²) in [4.78, 5) is 8.66. The number of hydrogen-bond acceptors (Lipinski definition) is 3. The predicted octanol–water partition coefficient (Wildman–Crippen LogP) is 1.06. The van der Waals surface area contributed by atoms with Gasteiger partial charge < -0.3 is 16.4 Å². The van der Waals surface area contributed by atoms with E-state index in [2.05, 4.69) is 34.5 Å². The first-order valence-electron chi connectivity index (χ1n) is 6.32. The highest BCUT2D eigenvalue weighted by molar-refractivity contribution is 7.80. The van der Waals surface area contributed by atoms with Gasteiger partial charge in [-0.25, -0.2) is 0 Å². The Morgan fingerprint density at radius 3 is 2.84 bits per heavy atom. The first-order chi connectivity index (χ1) is 9.08. The van der Waals surface area contributed by atoms with Crippen LogP contribution in [0.1, 0.15) is 19.5 Å². The van der Waals surface area contributed by atoms with Gasteiger partial charge in [0.15, 0.2) is 11.1 Å². The third kappa shape index (κ3) is 7.35. The first-order valence-corrected chi connectivity index (χ1v) is 6.73. The van der Waals surface area contributed by atoms with Crippen LogP contribution in [0, 0.1) is 5.92 Å². The van der Waals surface area contributed by atoms with E-state index in [1.165, 1.54) is 0 Å². The van der Waals surface area contributed by atoms with Crippen LogP contribution in [0.4, 0.5) is 0 Å². The quantitative estimate of drug-likeness (QED) is 0.427. The number of nitrogens with two attached hydrogens (primary N) is 1. The van der Waals surface area contributed by atoms with Crippen molar-refractivity contribution >= 4 is 23.3 Å². The number of nitrogens with one attached hydrogen (secondary N) is 2. The lowest BCUT2D eigenvalue weighted by molar-refractivity contribution is 0.659. The minimum absolute atomic E-state index is 0.216. The SMILES string of the molecule is CC(C)CN=C(NCCc1ccccn1)NC(N)=S. The molecule has 104 valence electrons. The Labute approximate surface area is 119 Å². The number of aromatic nitrogens is 1. The predicted molar refractivity (Wildman–Crippen MR) is 83.0 cm³/mol. The van der Waals surface area contributed by atoms with Crippen molar-refractivity contribution in [2.24, 2.45) is 16.6 Å². The minimum atomic E-state index is 0.216. The minimum Gasteiger partial charge on any atom is -0.376 e. The smallest absolute Gasteiger partial charge is 0.197 e. The molecule has 0 radical (unpaired) electrons. The summed E-state index contributed by atoms with van der Waals surface area (Å²) < 4.78 is 0. The number of rotatable bonds is 5. The van der Waals surface area contributed by atoms with Crippen LogP contribution in [-0.2, 0) is 6.42 Å². The lowest BCUT2D eigenvalue weighted by atomic mass is 10.2. The van der Waals surface area contributed by atoms with Crippen molar-refractivity contribution in [1.29, 1.82) is 0 Å². The second kappa shape index (κ2) is 8.42. The van der Waals surface area contributed by atoms with E-state index in [0.717, 1.165) is 25.2 Å². The Morgan fingerprint density at radius 2 is 2.26 bits per heavy atom. The maximum atomic E-state index is 5.47. The van der Waals surface area contributed by atoms with E-state index in [0.29, 0.717) is 11.9 Å². The van der Waals surface area contributed by atoms with Crippen LogP contribution in [-0.4, -0.2) is 29.1 Å². The standard InChI is InChI=1S/C13H21N5S/c1-10(2)9-17-13(18-12(14)19)16-8-6-11-5-3-4-7-15-11/h3-5,7,10H,6,8-9H2,1-2H3,(H4,14,16,17,18,19). The van der Waals surface area contributed by atoms with Gasteiger partial charge >= 0.3 is 0 Å². The molecular formula is C13H21N5S. The van der Waals surface area contributed by atoms with Crippen molar-refractivity contribution < 1.29 is 0 Å². The fraction of sp³-hybridized carbons (Fsp3) is 0.462. The van der Waals surface area contributed by atoms with Gasteiger partial charge in [-0.15, -0.1) is 0 Å². The highest BCUT2D eigenvalue weighted by Gasteiger charge is 2.01. The Kier molecular flexibility index (Phi) is 6.81. The average Bonchev–Trinajstić information content (AvgIpc) is 2.36. The molecule has 0 aliphatic rings. The summed E-state index contributed by atoms with van der Waals surface area (Å²) in [5.41, 5.74) is 6.51. The molecule has 6 heteroatoms. The Hall–Kier alpha value is -1.69. The van der Waals surface area contributed by atoms with Crippen molar-refractivity contribution in [3.8, 4) is 0 Å². The van der Waals surface area contributed by atoms with Crippen molar-refractivity contribution in [3.05, 3.63) is 30.1 Å². The van der Waals surface area contributed by atoms with Gasteiger partial charge in [0.1, 0.15) is 0 Å². The van der Waals surface area contributed by atoms with Gasteiger partial charge in [-0.1, -0.05) is 19.9 Å². The lowest BCUT2D eigenvalue weighted by Crippen LogP contribution is -2.44. The fourth-order valence-electron chi connectivity index (χ4n) is 1.39. The summed E-state index contributed by atoms with van der Waals surface area (Å²) in [6.45, 7) is 5.66. The molecule has 0 bridgehead atoms. The van der Waals surface area contributed by atoms with Gasteiger partial charge in [0, 0.05) is 31.4 Å². The van der Waals surface area contributed by atoms with Crippen LogP contribution in [0.5, 0.6) is 0 Å². The zero-order chi connectivity index (χ0) is 14.1. The molecule has 1 aromatic rings. The van der Waals surface area contributed by atoms with Crippen LogP contribution in [0.2, 0.25) is 0 Å². The number of hydrogen-bond donors (Lipinski definition) is 3. The molecule has 0 unspecified atom stereocenters. The lowest BCUT2D eigenvalue weighted by Gasteiger charge is -2.11. The molecule has 0 saturated heterocycles. The summed E-state index contributed by atoms with van der Waals surface area (Å²) in [5, 5.41) is 6.25. The molecule has 1 aromatic heterocycles. The van der Waals surface area contributed by atoms with E-state index in [-0.39, 0.29) is 5.11 Å². The average molecular weight is 279 g/mol. The molecule has 0 aromatic carbocycles. The summed E-state index contributed by atoms with van der Waals surface area (Å²) >= 11 is 4.83. The van der Waals surface area contributed by atoms with Crippen LogP contribution < -0.4 is 16.4 Å². The first kappa shape index (κ1) is 15.4. The van der Waals surface area contributed by atoms with Gasteiger partial charge in [0.25, 0.3) is 0 Å². The van der Waals surface area contributed by atoms with Crippen molar-refractivity contribution in [1.82, 2.24) is 15.6 Å². The van der Waals surface area contributed by atoms with Gasteiger partial charge in [0.2, 0.25) is 0 Å². The van der Waals surface area contributed by atoms with E-state index >= 15 is 0 Å². The number of thiocarbonyl (C=S) groups is 1. The third-order valence-corrected chi connectivity index (χ3v) is 2.36. The second-order valence-electron chi connectivity index (χ2n) is 4.57. The monoisotopic (exact) mass is 279 g/mol. The van der Waals surface area contributed by atoms with E-state index in [1.807, 2.05) is 18.2 Å². The van der Waals surface area contributed by atoms with E-state index in [1.54, 1.807) is 6.20 Å². The Bertz CT molecular complexity index is 416. The zero-order valence-corrected chi connectivity index (χ0v) is 12.2. The van der Waals surface area contributed by atoms with Gasteiger partial charge in [0.05, 0.1) is 0 Å². The Morgan fingerprint density at radius 1 is 1.47 bits per heavy atom. The normalized spacial score (nSPS) is 11.4. The largest absolute Gasteiger partial charge is 0.376 e. The van der Waals surface area contributed by atoms with Crippen molar-refractivity contribution in [3.63, 3.8) is 0 Å². The van der Waals surface area contributed by atoms with Gasteiger partial charge in [-0.2, -0.15) is 0 Å². The molecular weight excluding hydrogens is 258 g/mol. The highest BCUT2D eigenvalue weighted by atomic mass is 32.1. The summed E-state index contributed by atoms with van der Waals surface area (Å²) in [6.07, 6.45) is 2.61. The third-order valence-electron chi connectivity index (χ3n) is 2.26. The van der Waals surface area contributed by atoms with Gasteiger partial charge in [-0.3, -0.25) is 9.98 Å². The van der Waals surface area contributed by atoms with Gasteiger partial charge in [-0.05, 0) is 30.3 Å². The maximum Gasteiger partial charge on any atom is 0.197 e. The summed E-state index contributed by atoms with van der Waals surface area (Å²) in [5.74, 6) is 1.11. The second-order valence-corrected chi connectivity index (χ2v) is 5.01. The molecule has 0 fully saturated rings. The van der Waals surface area contributed by atoms with Crippen LogP contribution in [0.3, 0.4) is 0 Å². The molecule has 0 saturated carbocycles. The fourth-order valence-corrected chi connectivity index (χ4v) is 1.48. The number of aliphatic imine (C=N–C) groups is 1. The maximum absolute atomic E-state index is 5.47. The van der Waals surface area contributed by atoms with Crippen LogP contribution in [0.15, 0.2) is 29.4 Å². The molecule has 0 atom stereocenters. The Balaban J connectivity index is 2.44. The molecule has 0 spiro atoms. The highest BCUT2D eigenvalue weighted by Crippen LogP contribution is 1.94. The molecule has 1 rings (SSSR count). The molecule has 19 heavy (non-hydrogen) atoms. The topological polar surface area (TPSA) is 75.3 Å². The van der Waals surface area contributed by atoms with E-state index in [9.17, 15) is 0 Å². The molecule has 0 aliphatic heterocycles. The summed E-state index contributed by atoms with van der Waals surface area (Å²) in [6, 6.07) is 5.87. The van der Waals surface area contributed by atoms with Crippen molar-refractivity contribution in [2.45, 2.75) is 20.3 Å². The molecule has 4 N–H and O–H groups in total. The van der Waals surface area contributed by atoms with Crippen molar-refractivity contribution in [2.75, 3.05) is 13.1 Å². The number of guanidine groups is 1. The molecule has 1 heterocycles.